The van der Waals surface area contributed by atoms with Crippen molar-refractivity contribution >= 4 is 0 Å². The third-order valence-electron chi connectivity index (χ3n) is 3.34. The Bertz CT molecular complexity index is 209. The summed E-state index contributed by atoms with van der Waals surface area (Å²) in [6.45, 7) is 5.78. The molecule has 4 N–H and O–H groups in total. The van der Waals surface area contributed by atoms with Crippen LogP contribution in [0, 0.1) is 0 Å². The van der Waals surface area contributed by atoms with Gasteiger partial charge in [0.15, 0.2) is 5.60 Å². The molecule has 1 spiro atoms. The first kappa shape index (κ1) is 8.44. The SMILES string of the molecule is CC1OC2(C(C)OC2C)C1(N)N. The van der Waals surface area contributed by atoms with E-state index in [1.165, 1.54) is 0 Å². The number of hydrogen-bond donors (Lipinski definition) is 2. The van der Waals surface area contributed by atoms with E-state index in [2.05, 4.69) is 0 Å². The molecule has 0 aromatic rings. The summed E-state index contributed by atoms with van der Waals surface area (Å²) < 4.78 is 11.0. The van der Waals surface area contributed by atoms with Crippen molar-refractivity contribution in [3.8, 4) is 0 Å². The zero-order valence-corrected chi connectivity index (χ0v) is 7.70. The van der Waals surface area contributed by atoms with Crippen molar-refractivity contribution in [3.63, 3.8) is 0 Å². The van der Waals surface area contributed by atoms with Gasteiger partial charge >= 0.3 is 0 Å². The lowest BCUT2D eigenvalue weighted by Gasteiger charge is -2.68. The van der Waals surface area contributed by atoms with Gasteiger partial charge in [-0.15, -0.1) is 0 Å². The fraction of sp³-hybridized carbons (Fsp3) is 1.00. The molecule has 2 aliphatic heterocycles. The molecule has 2 fully saturated rings. The summed E-state index contributed by atoms with van der Waals surface area (Å²) in [5.41, 5.74) is 10.7. The molecule has 0 aromatic carbocycles. The highest BCUT2D eigenvalue weighted by molar-refractivity contribution is 5.23. The molecule has 2 saturated heterocycles. The van der Waals surface area contributed by atoms with E-state index in [1.54, 1.807) is 0 Å². The van der Waals surface area contributed by atoms with Gasteiger partial charge in [-0.2, -0.15) is 0 Å². The standard InChI is InChI=1S/C8H16N2O2/c1-4-7(5(2)11-4)8(9,10)6(3)12-7/h4-6H,9-10H2,1-3H3. The maximum absolute atomic E-state index is 5.96. The van der Waals surface area contributed by atoms with Crippen molar-refractivity contribution < 1.29 is 9.47 Å². The van der Waals surface area contributed by atoms with Crippen molar-refractivity contribution in [1.82, 2.24) is 0 Å². The van der Waals surface area contributed by atoms with Crippen molar-refractivity contribution in [2.24, 2.45) is 11.5 Å². The number of ether oxygens (including phenoxy) is 2. The minimum absolute atomic E-state index is 0.0127. The average Bonchev–Trinajstić information content (AvgIpc) is 1.99. The van der Waals surface area contributed by atoms with E-state index in [-0.39, 0.29) is 18.3 Å². The smallest absolute Gasteiger partial charge is 0.153 e. The number of rotatable bonds is 0. The van der Waals surface area contributed by atoms with Crippen molar-refractivity contribution in [1.29, 1.82) is 0 Å². The number of hydrogen-bond acceptors (Lipinski definition) is 4. The summed E-state index contributed by atoms with van der Waals surface area (Å²) in [7, 11) is 0. The van der Waals surface area contributed by atoms with Gasteiger partial charge in [0.05, 0.1) is 18.3 Å². The molecule has 4 nitrogen and oxygen atoms in total. The molecule has 0 saturated carbocycles. The minimum Gasteiger partial charge on any atom is -0.369 e. The Balaban J connectivity index is 2.24. The van der Waals surface area contributed by atoms with Crippen LogP contribution in [-0.2, 0) is 9.47 Å². The van der Waals surface area contributed by atoms with E-state index >= 15 is 0 Å². The third-order valence-corrected chi connectivity index (χ3v) is 3.34. The summed E-state index contributed by atoms with van der Waals surface area (Å²) in [6, 6.07) is 0. The van der Waals surface area contributed by atoms with Crippen LogP contribution in [0.3, 0.4) is 0 Å². The Hall–Kier alpha value is -0.160. The maximum Gasteiger partial charge on any atom is 0.153 e. The van der Waals surface area contributed by atoms with E-state index in [1.807, 2.05) is 20.8 Å². The van der Waals surface area contributed by atoms with Crippen LogP contribution in [0.25, 0.3) is 0 Å². The molecule has 70 valence electrons. The second-order valence-corrected chi connectivity index (χ2v) is 3.91. The van der Waals surface area contributed by atoms with Crippen LogP contribution in [0.15, 0.2) is 0 Å². The first-order valence-electron chi connectivity index (χ1n) is 4.34. The molecule has 0 radical (unpaired) electrons. The van der Waals surface area contributed by atoms with Gasteiger partial charge in [0, 0.05) is 0 Å². The lowest BCUT2D eigenvalue weighted by atomic mass is 9.67. The molecular formula is C8H16N2O2. The van der Waals surface area contributed by atoms with E-state index in [0.29, 0.717) is 0 Å². The molecule has 12 heavy (non-hydrogen) atoms. The van der Waals surface area contributed by atoms with E-state index in [0.717, 1.165) is 0 Å². The van der Waals surface area contributed by atoms with Gasteiger partial charge in [-0.25, -0.2) is 0 Å². The molecule has 2 rings (SSSR count). The molecule has 0 aromatic heterocycles. The van der Waals surface area contributed by atoms with E-state index in [4.69, 9.17) is 20.9 Å². The quantitative estimate of drug-likeness (QED) is 0.486. The van der Waals surface area contributed by atoms with Gasteiger partial charge in [0.1, 0.15) is 5.66 Å². The highest BCUT2D eigenvalue weighted by Crippen LogP contribution is 2.51. The van der Waals surface area contributed by atoms with Crippen molar-refractivity contribution in [2.45, 2.75) is 50.3 Å². The fourth-order valence-corrected chi connectivity index (χ4v) is 2.41. The fourth-order valence-electron chi connectivity index (χ4n) is 2.41. The van der Waals surface area contributed by atoms with Gasteiger partial charge < -0.3 is 20.9 Å². The summed E-state index contributed by atoms with van der Waals surface area (Å²) in [4.78, 5) is 0. The van der Waals surface area contributed by atoms with Gasteiger partial charge in [0.25, 0.3) is 0 Å². The summed E-state index contributed by atoms with van der Waals surface area (Å²) in [5.74, 6) is 0. The van der Waals surface area contributed by atoms with Crippen LogP contribution in [0.2, 0.25) is 0 Å². The highest BCUT2D eigenvalue weighted by Gasteiger charge is 2.73. The molecule has 3 atom stereocenters. The molecular weight excluding hydrogens is 156 g/mol. The van der Waals surface area contributed by atoms with Crippen LogP contribution in [0.4, 0.5) is 0 Å². The van der Waals surface area contributed by atoms with Crippen molar-refractivity contribution in [2.75, 3.05) is 0 Å². The van der Waals surface area contributed by atoms with Crippen LogP contribution < -0.4 is 11.5 Å². The summed E-state index contributed by atoms with van der Waals surface area (Å²) in [6.07, 6.45) is -0.0521. The molecule has 0 bridgehead atoms. The van der Waals surface area contributed by atoms with Gasteiger partial charge in [-0.1, -0.05) is 0 Å². The normalized spacial score (nSPS) is 56.2. The van der Waals surface area contributed by atoms with Crippen LogP contribution in [0.1, 0.15) is 20.8 Å². The number of nitrogens with two attached hydrogens (primary N) is 2. The maximum atomic E-state index is 5.96. The first-order chi connectivity index (χ1) is 5.43. The monoisotopic (exact) mass is 172 g/mol. The third kappa shape index (κ3) is 0.599. The Kier molecular flexibility index (Phi) is 1.41. The van der Waals surface area contributed by atoms with Crippen LogP contribution >= 0.6 is 0 Å². The largest absolute Gasteiger partial charge is 0.369 e. The second kappa shape index (κ2) is 2.01. The zero-order valence-electron chi connectivity index (χ0n) is 7.70. The molecule has 3 unspecified atom stereocenters. The van der Waals surface area contributed by atoms with Gasteiger partial charge in [-0.05, 0) is 20.8 Å². The Morgan fingerprint density at radius 3 is 1.67 bits per heavy atom. The predicted octanol–water partition coefficient (Wildman–Crippen LogP) is -0.435. The first-order valence-corrected chi connectivity index (χ1v) is 4.34. The van der Waals surface area contributed by atoms with E-state index in [9.17, 15) is 0 Å². The predicted molar refractivity (Wildman–Crippen MR) is 44.4 cm³/mol. The molecule has 2 aliphatic rings. The van der Waals surface area contributed by atoms with Crippen LogP contribution in [0.5, 0.6) is 0 Å². The minimum atomic E-state index is -0.732. The molecule has 4 heteroatoms. The summed E-state index contributed by atoms with van der Waals surface area (Å²) >= 11 is 0. The second-order valence-electron chi connectivity index (χ2n) is 3.91. The van der Waals surface area contributed by atoms with Crippen LogP contribution in [-0.4, -0.2) is 29.6 Å². The zero-order chi connectivity index (χ0) is 9.15. The average molecular weight is 172 g/mol. The molecule has 0 aliphatic carbocycles. The summed E-state index contributed by atoms with van der Waals surface area (Å²) in [5, 5.41) is 0. The topological polar surface area (TPSA) is 70.5 Å². The van der Waals surface area contributed by atoms with Gasteiger partial charge in [-0.3, -0.25) is 0 Å². The van der Waals surface area contributed by atoms with Gasteiger partial charge in [0.2, 0.25) is 0 Å². The molecule has 0 amide bonds. The van der Waals surface area contributed by atoms with E-state index < -0.39 is 11.3 Å². The highest BCUT2D eigenvalue weighted by atomic mass is 16.6. The van der Waals surface area contributed by atoms with Crippen molar-refractivity contribution in [3.05, 3.63) is 0 Å². The Morgan fingerprint density at radius 1 is 1.00 bits per heavy atom. The Labute approximate surface area is 72.2 Å². The molecule has 2 heterocycles. The lowest BCUT2D eigenvalue weighted by Crippen LogP contribution is -2.93. The lowest BCUT2D eigenvalue weighted by molar-refractivity contribution is -0.410. The Morgan fingerprint density at radius 2 is 1.50 bits per heavy atom.